The van der Waals surface area contributed by atoms with Crippen LogP contribution < -0.4 is 10.1 Å². The number of hydrogen-bond donors (Lipinski definition) is 1. The van der Waals surface area contributed by atoms with Gasteiger partial charge in [0.25, 0.3) is 5.91 Å². The van der Waals surface area contributed by atoms with E-state index in [1.165, 1.54) is 42.7 Å². The quantitative estimate of drug-likeness (QED) is 0.658. The molecule has 0 radical (unpaired) electrons. The first-order valence-electron chi connectivity index (χ1n) is 13.4. The van der Waals surface area contributed by atoms with Crippen LogP contribution in [0.25, 0.3) is 0 Å². The van der Waals surface area contributed by atoms with E-state index in [-0.39, 0.29) is 29.2 Å². The lowest BCUT2D eigenvalue weighted by atomic mass is 9.95. The van der Waals surface area contributed by atoms with E-state index in [0.717, 1.165) is 25.9 Å². The second-order valence-electron chi connectivity index (χ2n) is 10.7. The van der Waals surface area contributed by atoms with Crippen LogP contribution in [0.5, 0.6) is 5.75 Å². The van der Waals surface area contributed by atoms with Crippen molar-refractivity contribution in [2.75, 3.05) is 44.6 Å². The van der Waals surface area contributed by atoms with Crippen LogP contribution in [0, 0.1) is 12.8 Å². The average Bonchev–Trinajstić information content (AvgIpc) is 2.89. The molecular formula is C26H38N4O5S. The van der Waals surface area contributed by atoms with Crippen molar-refractivity contribution < 1.29 is 22.7 Å². The lowest BCUT2D eigenvalue weighted by molar-refractivity contribution is -0.138. The van der Waals surface area contributed by atoms with Crippen LogP contribution in [0.2, 0.25) is 0 Å². The molecule has 36 heavy (non-hydrogen) atoms. The van der Waals surface area contributed by atoms with Gasteiger partial charge in [0.2, 0.25) is 15.9 Å². The Bertz CT molecular complexity index is 1110. The highest BCUT2D eigenvalue weighted by Crippen LogP contribution is 2.36. The third-order valence-electron chi connectivity index (χ3n) is 8.24. The number of likely N-dealkylation sites (tertiary alicyclic amines) is 2. The second kappa shape index (κ2) is 10.3. The number of hydrogen-bond acceptors (Lipinski definition) is 6. The number of carbonyl (C=O) groups is 2. The van der Waals surface area contributed by atoms with Crippen molar-refractivity contribution in [3.05, 3.63) is 17.7 Å². The Labute approximate surface area is 214 Å². The number of aryl methyl sites for hydroxylation is 1. The number of piperidine rings is 3. The summed E-state index contributed by atoms with van der Waals surface area (Å²) in [5.41, 5.74) is 1.02. The van der Waals surface area contributed by atoms with Crippen LogP contribution in [-0.2, 0) is 19.6 Å². The number of rotatable bonds is 4. The molecule has 3 saturated heterocycles. The summed E-state index contributed by atoms with van der Waals surface area (Å²) in [6.45, 7) is 7.81. The molecule has 1 aromatic rings. The Morgan fingerprint density at radius 3 is 2.44 bits per heavy atom. The summed E-state index contributed by atoms with van der Waals surface area (Å²) in [6, 6.07) is 3.72. The third kappa shape index (κ3) is 4.99. The molecule has 0 aliphatic carbocycles. The molecule has 9 nitrogen and oxygen atoms in total. The van der Waals surface area contributed by atoms with Gasteiger partial charge in [-0.25, -0.2) is 8.42 Å². The molecule has 10 heteroatoms. The SMILES string of the molecule is Cc1cc2c(cc1S(=O)(=O)N1CCCC(C(=O)N3CCC(N4CCCCC4)CC3)C1)OC(C)C(=O)N2. The third-order valence-corrected chi connectivity index (χ3v) is 10.2. The molecule has 4 aliphatic rings. The van der Waals surface area contributed by atoms with Crippen molar-refractivity contribution in [2.24, 2.45) is 5.92 Å². The van der Waals surface area contributed by atoms with E-state index in [1.54, 1.807) is 19.9 Å². The molecule has 1 N–H and O–H groups in total. The number of carbonyl (C=O) groups excluding carboxylic acids is 2. The van der Waals surface area contributed by atoms with Gasteiger partial charge in [0.15, 0.2) is 6.10 Å². The molecular weight excluding hydrogens is 480 g/mol. The van der Waals surface area contributed by atoms with Crippen molar-refractivity contribution >= 4 is 27.5 Å². The van der Waals surface area contributed by atoms with Gasteiger partial charge in [-0.15, -0.1) is 0 Å². The van der Waals surface area contributed by atoms with Crippen LogP contribution in [0.3, 0.4) is 0 Å². The molecule has 0 spiro atoms. The molecule has 5 rings (SSSR count). The molecule has 198 valence electrons. The lowest BCUT2D eigenvalue weighted by Crippen LogP contribution is -2.51. The Hall–Kier alpha value is -2.17. The summed E-state index contributed by atoms with van der Waals surface area (Å²) >= 11 is 0. The van der Waals surface area contributed by atoms with E-state index in [2.05, 4.69) is 10.2 Å². The average molecular weight is 519 g/mol. The molecule has 2 amide bonds. The van der Waals surface area contributed by atoms with E-state index < -0.39 is 16.1 Å². The van der Waals surface area contributed by atoms with E-state index in [1.807, 2.05) is 4.90 Å². The van der Waals surface area contributed by atoms with Crippen LogP contribution >= 0.6 is 0 Å². The van der Waals surface area contributed by atoms with Crippen molar-refractivity contribution in [2.45, 2.75) is 75.8 Å². The minimum absolute atomic E-state index is 0.0917. The predicted octanol–water partition coefficient (Wildman–Crippen LogP) is 2.59. The van der Waals surface area contributed by atoms with Crippen molar-refractivity contribution in [1.29, 1.82) is 0 Å². The molecule has 0 bridgehead atoms. The summed E-state index contributed by atoms with van der Waals surface area (Å²) in [5.74, 6) is -0.120. The summed E-state index contributed by atoms with van der Waals surface area (Å²) in [4.78, 5) is 30.0. The zero-order valence-electron chi connectivity index (χ0n) is 21.4. The molecule has 3 fully saturated rings. The first kappa shape index (κ1) is 25.5. The molecule has 1 aromatic carbocycles. The molecule has 0 saturated carbocycles. The number of anilines is 1. The van der Waals surface area contributed by atoms with Crippen molar-refractivity contribution in [3.8, 4) is 5.75 Å². The summed E-state index contributed by atoms with van der Waals surface area (Å²) in [5, 5.41) is 2.77. The van der Waals surface area contributed by atoms with Crippen LogP contribution in [0.4, 0.5) is 5.69 Å². The number of sulfonamides is 1. The van der Waals surface area contributed by atoms with Crippen LogP contribution in [0.1, 0.15) is 57.4 Å². The van der Waals surface area contributed by atoms with E-state index in [0.29, 0.717) is 42.4 Å². The number of amides is 2. The van der Waals surface area contributed by atoms with Crippen LogP contribution in [0.15, 0.2) is 17.0 Å². The topological polar surface area (TPSA) is 99.3 Å². The summed E-state index contributed by atoms with van der Waals surface area (Å²) in [6.07, 6.45) is 6.56. The first-order valence-corrected chi connectivity index (χ1v) is 14.8. The molecule has 4 aliphatic heterocycles. The van der Waals surface area contributed by atoms with Crippen LogP contribution in [-0.4, -0.2) is 85.8 Å². The molecule has 0 aromatic heterocycles. The largest absolute Gasteiger partial charge is 0.479 e. The Kier molecular flexibility index (Phi) is 7.29. The summed E-state index contributed by atoms with van der Waals surface area (Å²) < 4.78 is 34.4. The van der Waals surface area contributed by atoms with E-state index in [4.69, 9.17) is 4.74 Å². The van der Waals surface area contributed by atoms with Gasteiger partial charge in [0, 0.05) is 38.3 Å². The fraction of sp³-hybridized carbons (Fsp3) is 0.692. The van der Waals surface area contributed by atoms with Gasteiger partial charge in [0.05, 0.1) is 16.5 Å². The smallest absolute Gasteiger partial charge is 0.265 e. The Morgan fingerprint density at radius 1 is 1.00 bits per heavy atom. The Morgan fingerprint density at radius 2 is 1.72 bits per heavy atom. The second-order valence-corrected chi connectivity index (χ2v) is 12.6. The highest BCUT2D eigenvalue weighted by atomic mass is 32.2. The van der Waals surface area contributed by atoms with E-state index >= 15 is 0 Å². The molecule has 2 atom stereocenters. The van der Waals surface area contributed by atoms with Gasteiger partial charge >= 0.3 is 0 Å². The van der Waals surface area contributed by atoms with Gasteiger partial charge in [0.1, 0.15) is 5.75 Å². The van der Waals surface area contributed by atoms with E-state index in [9.17, 15) is 18.0 Å². The monoisotopic (exact) mass is 518 g/mol. The zero-order valence-corrected chi connectivity index (χ0v) is 22.2. The van der Waals surface area contributed by atoms with Crippen molar-refractivity contribution in [3.63, 3.8) is 0 Å². The highest BCUT2D eigenvalue weighted by Gasteiger charge is 2.38. The van der Waals surface area contributed by atoms with Gasteiger partial charge < -0.3 is 19.9 Å². The van der Waals surface area contributed by atoms with Gasteiger partial charge in [-0.2, -0.15) is 4.31 Å². The molecule has 4 heterocycles. The number of benzene rings is 1. The molecule has 2 unspecified atom stereocenters. The predicted molar refractivity (Wildman–Crippen MR) is 136 cm³/mol. The number of ether oxygens (including phenoxy) is 1. The lowest BCUT2D eigenvalue weighted by Gasteiger charge is -2.41. The number of nitrogens with zero attached hydrogens (tertiary/aromatic N) is 3. The van der Waals surface area contributed by atoms with Gasteiger partial charge in [-0.1, -0.05) is 6.42 Å². The normalized spacial score (nSPS) is 26.7. The zero-order chi connectivity index (χ0) is 25.4. The standard InChI is InChI=1S/C26H38N4O5S/c1-18-15-22-23(35-19(2)25(31)27-22)16-24(18)36(33,34)30-12-6-7-20(17-30)26(32)29-13-8-21(9-14-29)28-10-4-3-5-11-28/h15-16,19-21H,3-14,17H2,1-2H3,(H,27,31). The number of nitrogens with one attached hydrogen (secondary N) is 1. The minimum Gasteiger partial charge on any atom is -0.479 e. The summed E-state index contributed by atoms with van der Waals surface area (Å²) in [7, 11) is -3.81. The maximum Gasteiger partial charge on any atom is 0.265 e. The Balaban J connectivity index is 1.25. The first-order chi connectivity index (χ1) is 17.2. The van der Waals surface area contributed by atoms with Gasteiger partial charge in [-0.3, -0.25) is 9.59 Å². The fourth-order valence-electron chi connectivity index (χ4n) is 6.12. The maximum atomic E-state index is 13.7. The number of fused-ring (bicyclic) bond motifs is 1. The van der Waals surface area contributed by atoms with Crippen molar-refractivity contribution in [1.82, 2.24) is 14.1 Å². The van der Waals surface area contributed by atoms with Gasteiger partial charge in [-0.05, 0) is 77.1 Å². The maximum absolute atomic E-state index is 13.7. The highest BCUT2D eigenvalue weighted by molar-refractivity contribution is 7.89. The fourth-order valence-corrected chi connectivity index (χ4v) is 7.86. The minimum atomic E-state index is -3.81.